The summed E-state index contributed by atoms with van der Waals surface area (Å²) >= 11 is 0. The van der Waals surface area contributed by atoms with Crippen molar-refractivity contribution in [2.75, 3.05) is 20.3 Å². The smallest absolute Gasteiger partial charge is 0.310 e. The van der Waals surface area contributed by atoms with E-state index in [-0.39, 0.29) is 29.0 Å². The van der Waals surface area contributed by atoms with Crippen LogP contribution in [-0.4, -0.2) is 37.9 Å². The van der Waals surface area contributed by atoms with Gasteiger partial charge in [-0.1, -0.05) is 19.1 Å². The second kappa shape index (κ2) is 6.74. The fraction of sp³-hybridized carbons (Fsp3) is 0.696. The largest absolute Gasteiger partial charge is 0.497 e. The minimum Gasteiger partial charge on any atom is -0.497 e. The van der Waals surface area contributed by atoms with E-state index in [0.29, 0.717) is 18.4 Å². The number of fused-ring (bicyclic) bond motifs is 3. The quantitative estimate of drug-likeness (QED) is 0.622. The fourth-order valence-electron chi connectivity index (χ4n) is 6.31. The third kappa shape index (κ3) is 3.03. The van der Waals surface area contributed by atoms with E-state index in [1.807, 2.05) is 12.1 Å². The van der Waals surface area contributed by atoms with Gasteiger partial charge in [0, 0.05) is 19.0 Å². The molecule has 2 saturated carbocycles. The molecule has 5 rings (SSSR count). The molecule has 2 aliphatic carbocycles. The Labute approximate surface area is 167 Å². The summed E-state index contributed by atoms with van der Waals surface area (Å²) in [5, 5.41) is 3.49. The van der Waals surface area contributed by atoms with Crippen molar-refractivity contribution >= 4 is 5.97 Å². The van der Waals surface area contributed by atoms with E-state index in [4.69, 9.17) is 14.2 Å². The molecule has 1 N–H and O–H groups in total. The molecule has 0 bridgehead atoms. The summed E-state index contributed by atoms with van der Waals surface area (Å²) in [5.41, 5.74) is 1.57. The van der Waals surface area contributed by atoms with E-state index in [0.717, 1.165) is 31.7 Å². The number of hydrogen-bond donors (Lipinski definition) is 1. The molecule has 1 spiro atoms. The van der Waals surface area contributed by atoms with E-state index in [1.165, 1.54) is 24.8 Å². The highest BCUT2D eigenvalue weighted by Gasteiger charge is 2.64. The molecular weight excluding hydrogens is 354 g/mol. The topological polar surface area (TPSA) is 60.1 Å². The first-order valence-electron chi connectivity index (χ1n) is 10.7. The lowest BCUT2D eigenvalue weighted by molar-refractivity contribution is -0.147. The third-order valence-corrected chi connectivity index (χ3v) is 7.93. The van der Waals surface area contributed by atoms with Crippen LogP contribution in [0.2, 0.25) is 0 Å². The van der Waals surface area contributed by atoms with Crippen LogP contribution in [0.3, 0.4) is 0 Å². The molecule has 4 fully saturated rings. The van der Waals surface area contributed by atoms with Crippen molar-refractivity contribution in [1.29, 1.82) is 0 Å². The zero-order valence-corrected chi connectivity index (χ0v) is 16.9. The number of nitrogens with one attached hydrogen (secondary N) is 1. The monoisotopic (exact) mass is 385 g/mol. The number of hydrogen-bond acceptors (Lipinski definition) is 5. The first-order chi connectivity index (χ1) is 13.5. The van der Waals surface area contributed by atoms with Crippen molar-refractivity contribution in [3.8, 4) is 5.75 Å². The van der Waals surface area contributed by atoms with E-state index >= 15 is 0 Å². The van der Waals surface area contributed by atoms with Crippen LogP contribution in [0, 0.1) is 23.2 Å². The first-order valence-corrected chi connectivity index (χ1v) is 10.7. The lowest BCUT2D eigenvalue weighted by atomic mass is 9.53. The molecular formula is C23H31NO4. The number of rotatable bonds is 5. The Morgan fingerprint density at radius 2 is 2.04 bits per heavy atom. The molecule has 2 aliphatic heterocycles. The molecule has 5 nitrogen and oxygen atoms in total. The van der Waals surface area contributed by atoms with Gasteiger partial charge in [-0.05, 0) is 61.1 Å². The van der Waals surface area contributed by atoms with E-state index < -0.39 is 0 Å². The molecule has 4 aliphatic rings. The van der Waals surface area contributed by atoms with E-state index in [9.17, 15) is 4.79 Å². The number of epoxide rings is 1. The van der Waals surface area contributed by atoms with Gasteiger partial charge in [-0.3, -0.25) is 4.79 Å². The van der Waals surface area contributed by atoms with Gasteiger partial charge in [-0.25, -0.2) is 0 Å². The van der Waals surface area contributed by atoms with Crippen LogP contribution >= 0.6 is 0 Å². The lowest BCUT2D eigenvalue weighted by Gasteiger charge is -2.51. The van der Waals surface area contributed by atoms with Gasteiger partial charge in [0.15, 0.2) is 0 Å². The first kappa shape index (κ1) is 18.4. The normalized spacial score (nSPS) is 41.3. The van der Waals surface area contributed by atoms with Crippen LogP contribution < -0.4 is 10.1 Å². The summed E-state index contributed by atoms with van der Waals surface area (Å²) in [6.45, 7) is 4.75. The van der Waals surface area contributed by atoms with Crippen LogP contribution in [0.25, 0.3) is 0 Å². The Bertz CT molecular complexity index is 743. The standard InChI is InChI=1S/C23H31NO4/c1-22-8-3-9-23(14-27-23)20(22)10-17-18(21(25)28-19(17)11-22)13-24-12-15-4-6-16(26-2)7-5-15/h4-7,17-20,24H,3,8-14H2,1-2H3/t17-,18-,19+,20-,22+,23-/m0/s1. The highest BCUT2D eigenvalue weighted by Crippen LogP contribution is 2.62. The molecule has 0 unspecified atom stereocenters. The molecule has 2 saturated heterocycles. The Hall–Kier alpha value is -1.59. The zero-order chi connectivity index (χ0) is 19.4. The molecule has 0 amide bonds. The molecule has 1 aromatic carbocycles. The van der Waals surface area contributed by atoms with Crippen molar-refractivity contribution in [3.63, 3.8) is 0 Å². The Morgan fingerprint density at radius 3 is 2.75 bits per heavy atom. The molecule has 28 heavy (non-hydrogen) atoms. The molecule has 0 aromatic heterocycles. The second-order valence-electron chi connectivity index (χ2n) is 9.58. The van der Waals surface area contributed by atoms with Crippen LogP contribution in [0.5, 0.6) is 5.75 Å². The Balaban J connectivity index is 1.24. The van der Waals surface area contributed by atoms with Crippen molar-refractivity contribution in [2.24, 2.45) is 23.2 Å². The average molecular weight is 386 g/mol. The van der Waals surface area contributed by atoms with Gasteiger partial charge in [0.25, 0.3) is 0 Å². The Kier molecular flexibility index (Phi) is 4.44. The lowest BCUT2D eigenvalue weighted by Crippen LogP contribution is -2.51. The highest BCUT2D eigenvalue weighted by molar-refractivity contribution is 5.75. The maximum atomic E-state index is 12.6. The summed E-state index contributed by atoms with van der Waals surface area (Å²) in [6, 6.07) is 8.06. The molecule has 0 radical (unpaired) electrons. The second-order valence-corrected chi connectivity index (χ2v) is 9.58. The maximum Gasteiger partial charge on any atom is 0.310 e. The van der Waals surface area contributed by atoms with Gasteiger partial charge in [-0.2, -0.15) is 0 Å². The highest BCUT2D eigenvalue weighted by atomic mass is 16.6. The SMILES string of the molecule is COc1ccc(CNC[C@@H]2C(=O)O[C@@H]3C[C@@]4(C)CCC[C@]5(CO5)[C@H]4C[C@@H]23)cc1. The predicted molar refractivity (Wildman–Crippen MR) is 105 cm³/mol. The molecule has 1 aromatic rings. The van der Waals surface area contributed by atoms with Crippen molar-refractivity contribution < 1.29 is 19.0 Å². The Morgan fingerprint density at radius 1 is 1.25 bits per heavy atom. The number of carbonyl (C=O) groups excluding carboxylic acids is 1. The van der Waals surface area contributed by atoms with Gasteiger partial charge in [0.2, 0.25) is 0 Å². The van der Waals surface area contributed by atoms with Crippen LogP contribution in [0.4, 0.5) is 0 Å². The number of methoxy groups -OCH3 is 1. The molecule has 2 heterocycles. The minimum absolute atomic E-state index is 0.00903. The van der Waals surface area contributed by atoms with Crippen molar-refractivity contribution in [1.82, 2.24) is 5.32 Å². The summed E-state index contributed by atoms with van der Waals surface area (Å²) in [7, 11) is 1.67. The number of benzene rings is 1. The van der Waals surface area contributed by atoms with Gasteiger partial charge in [0.05, 0.1) is 25.2 Å². The number of ether oxygens (including phenoxy) is 3. The van der Waals surface area contributed by atoms with Crippen LogP contribution in [0.1, 0.15) is 44.6 Å². The van der Waals surface area contributed by atoms with Gasteiger partial charge in [-0.15, -0.1) is 0 Å². The zero-order valence-electron chi connectivity index (χ0n) is 16.9. The van der Waals surface area contributed by atoms with Gasteiger partial charge < -0.3 is 19.5 Å². The molecule has 152 valence electrons. The summed E-state index contributed by atoms with van der Waals surface area (Å²) < 4.78 is 17.1. The van der Waals surface area contributed by atoms with Gasteiger partial charge >= 0.3 is 5.97 Å². The van der Waals surface area contributed by atoms with E-state index in [2.05, 4.69) is 24.4 Å². The fourth-order valence-corrected chi connectivity index (χ4v) is 6.31. The van der Waals surface area contributed by atoms with E-state index in [1.54, 1.807) is 7.11 Å². The predicted octanol–water partition coefficient (Wildman–Crippen LogP) is 3.31. The summed E-state index contributed by atoms with van der Waals surface area (Å²) in [4.78, 5) is 12.6. The van der Waals surface area contributed by atoms with Crippen molar-refractivity contribution in [3.05, 3.63) is 29.8 Å². The number of esters is 1. The third-order valence-electron chi connectivity index (χ3n) is 7.93. The van der Waals surface area contributed by atoms with Crippen molar-refractivity contribution in [2.45, 2.75) is 57.3 Å². The minimum atomic E-state index is -0.0366. The number of carbonyl (C=O) groups is 1. The van der Waals surface area contributed by atoms with Gasteiger partial charge in [0.1, 0.15) is 11.9 Å². The summed E-state index contributed by atoms with van der Waals surface area (Å²) in [6.07, 6.45) is 5.85. The molecule has 6 atom stereocenters. The summed E-state index contributed by atoms with van der Waals surface area (Å²) in [5.74, 6) is 1.72. The maximum absolute atomic E-state index is 12.6. The molecule has 5 heteroatoms. The average Bonchev–Trinajstić information content (AvgIpc) is 3.39. The van der Waals surface area contributed by atoms with Crippen LogP contribution in [0.15, 0.2) is 24.3 Å². The van der Waals surface area contributed by atoms with Crippen LogP contribution in [-0.2, 0) is 20.8 Å².